The molecule has 0 spiro atoms. The Morgan fingerprint density at radius 1 is 1.19 bits per heavy atom. The largest absolute Gasteiger partial charge is 0.423 e. The van der Waals surface area contributed by atoms with Gasteiger partial charge in [0.1, 0.15) is 0 Å². The number of hydrogen-bond acceptors (Lipinski definition) is 6. The summed E-state index contributed by atoms with van der Waals surface area (Å²) in [6, 6.07) is 0. The van der Waals surface area contributed by atoms with Gasteiger partial charge in [0, 0.05) is 26.9 Å². The third-order valence-electron chi connectivity index (χ3n) is 2.28. The summed E-state index contributed by atoms with van der Waals surface area (Å²) in [4.78, 5) is 32.0. The lowest BCUT2D eigenvalue weighted by atomic mass is 10.2. The molecular formula is C13H25O7P. The van der Waals surface area contributed by atoms with Crippen molar-refractivity contribution in [2.45, 2.75) is 52.7 Å². The molecule has 0 saturated carbocycles. The van der Waals surface area contributed by atoms with Gasteiger partial charge in [0.15, 0.2) is 0 Å². The molecule has 0 bridgehead atoms. The van der Waals surface area contributed by atoms with Crippen molar-refractivity contribution < 1.29 is 33.0 Å². The van der Waals surface area contributed by atoms with Gasteiger partial charge in [0.2, 0.25) is 0 Å². The van der Waals surface area contributed by atoms with Gasteiger partial charge >= 0.3 is 19.5 Å². The van der Waals surface area contributed by atoms with Crippen molar-refractivity contribution in [1.82, 2.24) is 0 Å². The molecule has 0 amide bonds. The molecule has 0 heterocycles. The Bertz CT molecular complexity index is 397. The number of ether oxygens (including phenoxy) is 2. The Morgan fingerprint density at radius 2 is 1.76 bits per heavy atom. The molecule has 0 aliphatic heterocycles. The van der Waals surface area contributed by atoms with Crippen molar-refractivity contribution >= 4 is 19.5 Å². The number of hydrogen-bond donors (Lipinski definition) is 1. The molecule has 0 aromatic rings. The highest BCUT2D eigenvalue weighted by Crippen LogP contribution is 2.36. The number of esters is 2. The van der Waals surface area contributed by atoms with Crippen LogP contribution < -0.4 is 0 Å². The smallest absolute Gasteiger partial charge is 0.325 e. The standard InChI is InChI=1S/C13H25O7P/c1-10(2)12(15)20-13(3,4)19-11(14)8-6-7-9-18-21(5,16)17/h10H,6-9H2,1-5H3,(H,16,17). The van der Waals surface area contributed by atoms with Crippen LogP contribution in [0.15, 0.2) is 0 Å². The molecule has 0 fully saturated rings. The molecular weight excluding hydrogens is 299 g/mol. The number of rotatable bonds is 9. The first-order chi connectivity index (χ1) is 9.43. The molecule has 1 N–H and O–H groups in total. The third-order valence-corrected chi connectivity index (χ3v) is 2.95. The fourth-order valence-corrected chi connectivity index (χ4v) is 1.78. The minimum absolute atomic E-state index is 0.100. The average Bonchev–Trinajstić information content (AvgIpc) is 2.25. The molecule has 0 aliphatic carbocycles. The van der Waals surface area contributed by atoms with Gasteiger partial charge in [0.25, 0.3) is 5.79 Å². The maximum atomic E-state index is 11.6. The molecule has 0 saturated heterocycles. The van der Waals surface area contributed by atoms with Gasteiger partial charge in [-0.1, -0.05) is 13.8 Å². The van der Waals surface area contributed by atoms with Crippen LogP contribution >= 0.6 is 7.60 Å². The minimum atomic E-state index is -3.46. The molecule has 0 radical (unpaired) electrons. The Kier molecular flexibility index (Phi) is 8.14. The Morgan fingerprint density at radius 3 is 2.24 bits per heavy atom. The zero-order valence-electron chi connectivity index (χ0n) is 13.2. The highest BCUT2D eigenvalue weighted by Gasteiger charge is 2.28. The summed E-state index contributed by atoms with van der Waals surface area (Å²) in [6.45, 7) is 7.57. The monoisotopic (exact) mass is 324 g/mol. The summed E-state index contributed by atoms with van der Waals surface area (Å²) in [6.07, 6.45) is 1.03. The highest BCUT2D eigenvalue weighted by atomic mass is 31.2. The predicted molar refractivity (Wildman–Crippen MR) is 76.7 cm³/mol. The molecule has 7 nitrogen and oxygen atoms in total. The van der Waals surface area contributed by atoms with E-state index in [4.69, 9.17) is 14.4 Å². The SMILES string of the molecule is CC(C)C(=O)OC(C)(C)OC(=O)CCCCOP(C)(=O)O. The van der Waals surface area contributed by atoms with Crippen LogP contribution in [0, 0.1) is 5.92 Å². The second-order valence-corrected chi connectivity index (χ2v) is 7.41. The molecule has 0 aromatic carbocycles. The van der Waals surface area contributed by atoms with Crippen molar-refractivity contribution in [2.75, 3.05) is 13.3 Å². The van der Waals surface area contributed by atoms with Crippen LogP contribution in [0.25, 0.3) is 0 Å². The van der Waals surface area contributed by atoms with E-state index in [0.29, 0.717) is 12.8 Å². The summed E-state index contributed by atoms with van der Waals surface area (Å²) in [5.41, 5.74) is 0. The lowest BCUT2D eigenvalue weighted by Gasteiger charge is -2.25. The minimum Gasteiger partial charge on any atom is -0.423 e. The summed E-state index contributed by atoms with van der Waals surface area (Å²) in [7, 11) is -3.46. The first-order valence-corrected chi connectivity index (χ1v) is 8.85. The van der Waals surface area contributed by atoms with Crippen molar-refractivity contribution in [3.05, 3.63) is 0 Å². The van der Waals surface area contributed by atoms with Gasteiger partial charge in [-0.3, -0.25) is 14.2 Å². The average molecular weight is 324 g/mol. The molecule has 124 valence electrons. The van der Waals surface area contributed by atoms with E-state index in [1.807, 2.05) is 0 Å². The van der Waals surface area contributed by atoms with E-state index in [0.717, 1.165) is 6.66 Å². The summed E-state index contributed by atoms with van der Waals surface area (Å²) in [5, 5.41) is 0. The summed E-state index contributed by atoms with van der Waals surface area (Å²) < 4.78 is 25.7. The molecule has 0 aromatic heterocycles. The van der Waals surface area contributed by atoms with Crippen LogP contribution in [0.5, 0.6) is 0 Å². The van der Waals surface area contributed by atoms with Crippen LogP contribution in [0.1, 0.15) is 47.0 Å². The van der Waals surface area contributed by atoms with Gasteiger partial charge in [-0.15, -0.1) is 0 Å². The molecule has 0 rings (SSSR count). The molecule has 1 unspecified atom stereocenters. The van der Waals surface area contributed by atoms with Crippen LogP contribution in [0.3, 0.4) is 0 Å². The zero-order valence-corrected chi connectivity index (χ0v) is 14.1. The van der Waals surface area contributed by atoms with Gasteiger partial charge in [-0.05, 0) is 12.8 Å². The number of carbonyl (C=O) groups excluding carboxylic acids is 2. The molecule has 0 aliphatic rings. The van der Waals surface area contributed by atoms with E-state index >= 15 is 0 Å². The van der Waals surface area contributed by atoms with E-state index in [-0.39, 0.29) is 18.9 Å². The van der Waals surface area contributed by atoms with Crippen LogP contribution in [0.4, 0.5) is 0 Å². The quantitative estimate of drug-likeness (QED) is 0.301. The van der Waals surface area contributed by atoms with E-state index < -0.39 is 25.3 Å². The summed E-state index contributed by atoms with van der Waals surface area (Å²) in [5.74, 6) is -2.55. The van der Waals surface area contributed by atoms with Crippen LogP contribution in [0.2, 0.25) is 0 Å². The Hall–Kier alpha value is -0.910. The second-order valence-electron chi connectivity index (χ2n) is 5.54. The fourth-order valence-electron chi connectivity index (χ4n) is 1.31. The maximum Gasteiger partial charge on any atom is 0.325 e. The Balaban J connectivity index is 3.97. The number of carbonyl (C=O) groups is 2. The highest BCUT2D eigenvalue weighted by molar-refractivity contribution is 7.51. The van der Waals surface area contributed by atoms with Crippen molar-refractivity contribution in [2.24, 2.45) is 5.92 Å². The van der Waals surface area contributed by atoms with Crippen molar-refractivity contribution in [3.63, 3.8) is 0 Å². The van der Waals surface area contributed by atoms with Crippen molar-refractivity contribution in [1.29, 1.82) is 0 Å². The van der Waals surface area contributed by atoms with Crippen LogP contribution in [-0.2, 0) is 28.2 Å². The fraction of sp³-hybridized carbons (Fsp3) is 0.846. The van der Waals surface area contributed by atoms with Crippen molar-refractivity contribution in [3.8, 4) is 0 Å². The molecule has 8 heteroatoms. The van der Waals surface area contributed by atoms with E-state index in [1.54, 1.807) is 13.8 Å². The first-order valence-electron chi connectivity index (χ1n) is 6.82. The maximum absolute atomic E-state index is 11.6. The lowest BCUT2D eigenvalue weighted by Crippen LogP contribution is -2.35. The molecule has 1 atom stereocenters. The normalized spacial score (nSPS) is 14.6. The third kappa shape index (κ3) is 11.4. The van der Waals surface area contributed by atoms with E-state index in [2.05, 4.69) is 4.52 Å². The van der Waals surface area contributed by atoms with Gasteiger partial charge < -0.3 is 18.9 Å². The van der Waals surface area contributed by atoms with E-state index in [1.165, 1.54) is 13.8 Å². The van der Waals surface area contributed by atoms with Gasteiger partial charge in [0.05, 0.1) is 12.5 Å². The van der Waals surface area contributed by atoms with E-state index in [9.17, 15) is 14.2 Å². The van der Waals surface area contributed by atoms with Gasteiger partial charge in [-0.2, -0.15) is 0 Å². The van der Waals surface area contributed by atoms with Crippen LogP contribution in [-0.4, -0.2) is 35.9 Å². The topological polar surface area (TPSA) is 99.1 Å². The van der Waals surface area contributed by atoms with Gasteiger partial charge in [-0.25, -0.2) is 0 Å². The lowest BCUT2D eigenvalue weighted by molar-refractivity contribution is -0.218. The Labute approximate surface area is 125 Å². The predicted octanol–water partition coefficient (Wildman–Crippen LogP) is 2.47. The second kappa shape index (κ2) is 8.51. The zero-order chi connectivity index (χ0) is 16.7. The first kappa shape index (κ1) is 20.1. The summed E-state index contributed by atoms with van der Waals surface area (Å²) >= 11 is 0. The number of unbranched alkanes of at least 4 members (excludes halogenated alkanes) is 1. The molecule has 21 heavy (non-hydrogen) atoms.